The smallest absolute Gasteiger partial charge is 0.221 e. The number of rotatable bonds is 8. The number of nitrogens with one attached hydrogen (secondary N) is 2. The predicted octanol–water partition coefficient (Wildman–Crippen LogP) is 1.78. The molecule has 7 heteroatoms. The number of pyridine rings is 1. The van der Waals surface area contributed by atoms with E-state index in [1.54, 1.807) is 13.3 Å². The quantitative estimate of drug-likeness (QED) is 0.605. The van der Waals surface area contributed by atoms with E-state index < -0.39 is 0 Å². The summed E-state index contributed by atoms with van der Waals surface area (Å²) in [6.07, 6.45) is 3.93. The third-order valence-electron chi connectivity index (χ3n) is 4.71. The predicted molar refractivity (Wildman–Crippen MR) is 110 cm³/mol. The number of hydrogen-bond donors (Lipinski definition) is 2. The summed E-state index contributed by atoms with van der Waals surface area (Å²) in [6, 6.07) is 11.4. The number of quaternary nitrogens is 1. The second-order valence-electron chi connectivity index (χ2n) is 7.06. The fraction of sp³-hybridized carbons (Fsp3) is 0.333. The first-order chi connectivity index (χ1) is 13.5. The summed E-state index contributed by atoms with van der Waals surface area (Å²) in [4.78, 5) is 18.5. The van der Waals surface area contributed by atoms with Crippen LogP contribution in [0, 0.1) is 0 Å². The average molecular weight is 402 g/mol. The van der Waals surface area contributed by atoms with Crippen molar-refractivity contribution in [2.45, 2.75) is 12.3 Å². The number of halogens is 1. The molecular formula is C21H26ClN4O2+. The Kier molecular flexibility index (Phi) is 6.54. The molecule has 3 rings (SSSR count). The van der Waals surface area contributed by atoms with Gasteiger partial charge in [0.25, 0.3) is 0 Å². The molecule has 1 atom stereocenters. The third-order valence-corrected chi connectivity index (χ3v) is 4.93. The molecule has 0 radical (unpaired) electrons. The minimum absolute atomic E-state index is 0.00543. The van der Waals surface area contributed by atoms with E-state index in [2.05, 4.69) is 24.4 Å². The van der Waals surface area contributed by atoms with E-state index in [9.17, 15) is 4.79 Å². The molecule has 1 aromatic carbocycles. The Bertz CT molecular complexity index is 954. The first-order valence-corrected chi connectivity index (χ1v) is 9.68. The molecule has 3 aromatic rings. The van der Waals surface area contributed by atoms with Crippen molar-refractivity contribution in [2.75, 3.05) is 34.3 Å². The van der Waals surface area contributed by atoms with Gasteiger partial charge in [0.2, 0.25) is 5.91 Å². The van der Waals surface area contributed by atoms with Crippen molar-refractivity contribution in [3.05, 3.63) is 65.1 Å². The lowest BCUT2D eigenvalue weighted by molar-refractivity contribution is -0.856. The standard InChI is InChI=1S/C21H25ClN4O2/c1-25(2)11-10-23-21(27)12-17(16-6-4-5-7-19(16)28-3)18-13-24-20-9-8-15(22)14-26(18)20/h4-9,13-14,17H,10-12H2,1-3H3,(H,23,27)/p+1/t17-/m1/s1. The summed E-state index contributed by atoms with van der Waals surface area (Å²) in [5.41, 5.74) is 2.63. The lowest BCUT2D eigenvalue weighted by Gasteiger charge is -2.20. The van der Waals surface area contributed by atoms with Crippen LogP contribution in [-0.2, 0) is 4.79 Å². The van der Waals surface area contributed by atoms with Gasteiger partial charge in [-0.05, 0) is 18.2 Å². The van der Waals surface area contributed by atoms with E-state index in [4.69, 9.17) is 16.3 Å². The van der Waals surface area contributed by atoms with Crippen molar-refractivity contribution in [3.63, 3.8) is 0 Å². The number of likely N-dealkylation sites (N-methyl/N-ethyl adjacent to an activating group) is 1. The first kappa shape index (κ1) is 20.2. The number of fused-ring (bicyclic) bond motifs is 1. The molecule has 2 aromatic heterocycles. The van der Waals surface area contributed by atoms with Gasteiger partial charge in [0.1, 0.15) is 11.4 Å². The van der Waals surface area contributed by atoms with Crippen LogP contribution in [0.15, 0.2) is 48.8 Å². The number of nitrogens with zero attached hydrogens (tertiary/aromatic N) is 2. The zero-order valence-electron chi connectivity index (χ0n) is 16.4. The topological polar surface area (TPSA) is 60.1 Å². The molecule has 6 nitrogen and oxygen atoms in total. The number of hydrogen-bond acceptors (Lipinski definition) is 3. The maximum absolute atomic E-state index is 12.7. The number of aromatic nitrogens is 2. The van der Waals surface area contributed by atoms with Gasteiger partial charge in [-0.3, -0.25) is 4.79 Å². The van der Waals surface area contributed by atoms with Crippen molar-refractivity contribution in [1.82, 2.24) is 14.7 Å². The molecule has 28 heavy (non-hydrogen) atoms. The van der Waals surface area contributed by atoms with Crippen LogP contribution in [0.25, 0.3) is 5.65 Å². The van der Waals surface area contributed by atoms with Gasteiger partial charge in [0.05, 0.1) is 45.0 Å². The second kappa shape index (κ2) is 9.08. The summed E-state index contributed by atoms with van der Waals surface area (Å²) in [5, 5.41) is 3.63. The molecule has 0 aliphatic carbocycles. The van der Waals surface area contributed by atoms with Crippen molar-refractivity contribution in [1.29, 1.82) is 0 Å². The number of para-hydroxylation sites is 1. The van der Waals surface area contributed by atoms with Crippen molar-refractivity contribution in [3.8, 4) is 5.75 Å². The number of carbonyl (C=O) groups is 1. The van der Waals surface area contributed by atoms with Crippen LogP contribution in [0.3, 0.4) is 0 Å². The Morgan fingerprint density at radius 1 is 1.29 bits per heavy atom. The Morgan fingerprint density at radius 3 is 2.82 bits per heavy atom. The van der Waals surface area contributed by atoms with Crippen LogP contribution < -0.4 is 15.0 Å². The molecular weight excluding hydrogens is 376 g/mol. The molecule has 0 fully saturated rings. The van der Waals surface area contributed by atoms with E-state index in [0.29, 0.717) is 18.0 Å². The molecule has 2 heterocycles. The van der Waals surface area contributed by atoms with E-state index in [0.717, 1.165) is 29.2 Å². The molecule has 0 aliphatic rings. The summed E-state index contributed by atoms with van der Waals surface area (Å²) in [6.45, 7) is 1.51. The highest BCUT2D eigenvalue weighted by Gasteiger charge is 2.24. The molecule has 1 amide bonds. The van der Waals surface area contributed by atoms with Crippen LogP contribution in [-0.4, -0.2) is 49.6 Å². The van der Waals surface area contributed by atoms with E-state index in [-0.39, 0.29) is 11.8 Å². The minimum atomic E-state index is -0.212. The molecule has 0 aliphatic heterocycles. The largest absolute Gasteiger partial charge is 0.496 e. The highest BCUT2D eigenvalue weighted by molar-refractivity contribution is 6.30. The van der Waals surface area contributed by atoms with Gasteiger partial charge in [0, 0.05) is 30.3 Å². The summed E-state index contributed by atoms with van der Waals surface area (Å²) in [7, 11) is 5.76. The normalized spacial score (nSPS) is 12.3. The highest BCUT2D eigenvalue weighted by Crippen LogP contribution is 2.35. The van der Waals surface area contributed by atoms with Crippen LogP contribution in [0.4, 0.5) is 0 Å². The van der Waals surface area contributed by atoms with Crippen LogP contribution >= 0.6 is 11.6 Å². The Balaban J connectivity index is 1.97. The highest BCUT2D eigenvalue weighted by atomic mass is 35.5. The van der Waals surface area contributed by atoms with Crippen LogP contribution in [0.5, 0.6) is 5.75 Å². The Hall–Kier alpha value is -2.57. The minimum Gasteiger partial charge on any atom is -0.496 e. The maximum atomic E-state index is 12.7. The van der Waals surface area contributed by atoms with Crippen LogP contribution in [0.2, 0.25) is 5.02 Å². The lowest BCUT2D eigenvalue weighted by Crippen LogP contribution is -3.06. The monoisotopic (exact) mass is 401 g/mol. The molecule has 0 spiro atoms. The zero-order valence-corrected chi connectivity index (χ0v) is 17.2. The zero-order chi connectivity index (χ0) is 20.1. The Morgan fingerprint density at radius 2 is 2.07 bits per heavy atom. The summed E-state index contributed by atoms with van der Waals surface area (Å²) in [5.74, 6) is 0.528. The van der Waals surface area contributed by atoms with Crippen LogP contribution in [0.1, 0.15) is 23.6 Å². The molecule has 0 saturated carbocycles. The fourth-order valence-corrected chi connectivity index (χ4v) is 3.43. The third kappa shape index (κ3) is 4.64. The maximum Gasteiger partial charge on any atom is 0.221 e. The van der Waals surface area contributed by atoms with Crippen molar-refractivity contribution >= 4 is 23.2 Å². The number of carbonyl (C=O) groups excluding carboxylic acids is 1. The van der Waals surface area contributed by atoms with E-state index in [1.807, 2.05) is 47.0 Å². The average Bonchev–Trinajstić information content (AvgIpc) is 3.08. The SMILES string of the molecule is COc1ccccc1[C@@H](CC(=O)NCC[NH+](C)C)c1cnc2ccc(Cl)cn12. The number of ether oxygens (including phenoxy) is 1. The van der Waals surface area contributed by atoms with Crippen molar-refractivity contribution in [2.24, 2.45) is 0 Å². The van der Waals surface area contributed by atoms with Gasteiger partial charge in [-0.1, -0.05) is 29.8 Å². The molecule has 0 bridgehead atoms. The lowest BCUT2D eigenvalue weighted by atomic mass is 9.91. The first-order valence-electron chi connectivity index (χ1n) is 9.30. The van der Waals surface area contributed by atoms with Gasteiger partial charge in [-0.15, -0.1) is 0 Å². The number of imidazole rings is 1. The van der Waals surface area contributed by atoms with Gasteiger partial charge in [0.15, 0.2) is 0 Å². The van der Waals surface area contributed by atoms with E-state index >= 15 is 0 Å². The van der Waals surface area contributed by atoms with Gasteiger partial charge >= 0.3 is 0 Å². The molecule has 2 N–H and O–H groups in total. The summed E-state index contributed by atoms with van der Waals surface area (Å²) < 4.78 is 7.50. The molecule has 148 valence electrons. The van der Waals surface area contributed by atoms with Gasteiger partial charge in [-0.2, -0.15) is 0 Å². The summed E-state index contributed by atoms with van der Waals surface area (Å²) >= 11 is 6.21. The fourth-order valence-electron chi connectivity index (χ4n) is 3.27. The number of amides is 1. The second-order valence-corrected chi connectivity index (χ2v) is 7.50. The molecule has 0 saturated heterocycles. The molecule has 0 unspecified atom stereocenters. The van der Waals surface area contributed by atoms with E-state index in [1.165, 1.54) is 4.90 Å². The van der Waals surface area contributed by atoms with Crippen molar-refractivity contribution < 1.29 is 14.4 Å². The number of benzene rings is 1. The van der Waals surface area contributed by atoms with Gasteiger partial charge < -0.3 is 19.4 Å². The Labute approximate surface area is 170 Å². The number of methoxy groups -OCH3 is 1. The van der Waals surface area contributed by atoms with Gasteiger partial charge in [-0.25, -0.2) is 4.98 Å².